The molecule has 2 aromatic carbocycles. The number of piperidine rings is 1. The topological polar surface area (TPSA) is 75.5 Å². The number of nitrogens with zero attached hydrogens (tertiary/aromatic N) is 3. The summed E-state index contributed by atoms with van der Waals surface area (Å²) in [4.78, 5) is 31.2. The third-order valence-electron chi connectivity index (χ3n) is 7.29. The van der Waals surface area contributed by atoms with Crippen LogP contribution in [0.2, 0.25) is 0 Å². The molecule has 3 heterocycles. The van der Waals surface area contributed by atoms with Crippen LogP contribution in [0, 0.1) is 0 Å². The molecule has 8 heteroatoms. The minimum absolute atomic E-state index is 0.0252. The van der Waals surface area contributed by atoms with Crippen molar-refractivity contribution >= 4 is 17.9 Å². The molecule has 2 fully saturated rings. The average Bonchev–Trinajstić information content (AvgIpc) is 3.52. The van der Waals surface area contributed by atoms with Gasteiger partial charge in [0.1, 0.15) is 17.6 Å². The molecule has 2 aliphatic heterocycles. The fourth-order valence-corrected chi connectivity index (χ4v) is 5.01. The SMILES string of the molecule is COc1ccc(/C=C/C(=O)N2CCC(Oc3cccc(CN4CCN(C(=O)c5ccco5)CC4)c3)CC2)cc1. The molecule has 0 unspecified atom stereocenters. The summed E-state index contributed by atoms with van der Waals surface area (Å²) in [5, 5.41) is 0. The molecule has 0 N–H and O–H groups in total. The highest BCUT2D eigenvalue weighted by atomic mass is 16.5. The van der Waals surface area contributed by atoms with Crippen molar-refractivity contribution in [3.63, 3.8) is 0 Å². The van der Waals surface area contributed by atoms with Crippen LogP contribution in [0.1, 0.15) is 34.5 Å². The van der Waals surface area contributed by atoms with Gasteiger partial charge in [-0.25, -0.2) is 0 Å². The van der Waals surface area contributed by atoms with Crippen molar-refractivity contribution in [2.45, 2.75) is 25.5 Å². The first kappa shape index (κ1) is 26.6. The number of furan rings is 1. The maximum atomic E-state index is 12.7. The zero-order chi connectivity index (χ0) is 27.0. The van der Waals surface area contributed by atoms with Crippen LogP contribution >= 0.6 is 0 Å². The largest absolute Gasteiger partial charge is 0.497 e. The van der Waals surface area contributed by atoms with E-state index in [1.165, 1.54) is 11.8 Å². The Kier molecular flexibility index (Phi) is 8.63. The smallest absolute Gasteiger partial charge is 0.289 e. The summed E-state index contributed by atoms with van der Waals surface area (Å²) in [7, 11) is 1.64. The molecule has 39 heavy (non-hydrogen) atoms. The second-order valence-electron chi connectivity index (χ2n) is 9.94. The van der Waals surface area contributed by atoms with E-state index in [4.69, 9.17) is 13.9 Å². The van der Waals surface area contributed by atoms with Gasteiger partial charge in [0.05, 0.1) is 13.4 Å². The Labute approximate surface area is 229 Å². The predicted molar refractivity (Wildman–Crippen MR) is 149 cm³/mol. The van der Waals surface area contributed by atoms with Crippen LogP contribution in [0.5, 0.6) is 11.5 Å². The summed E-state index contributed by atoms with van der Waals surface area (Å²) in [6, 6.07) is 19.3. The van der Waals surface area contributed by atoms with Crippen LogP contribution in [0.25, 0.3) is 6.08 Å². The van der Waals surface area contributed by atoms with Gasteiger partial charge in [0.25, 0.3) is 5.91 Å². The summed E-state index contributed by atoms with van der Waals surface area (Å²) in [6.45, 7) is 5.17. The molecule has 2 aliphatic rings. The Balaban J connectivity index is 1.06. The second-order valence-corrected chi connectivity index (χ2v) is 9.94. The summed E-state index contributed by atoms with van der Waals surface area (Å²) < 4.78 is 16.7. The van der Waals surface area contributed by atoms with Crippen molar-refractivity contribution in [1.29, 1.82) is 0 Å². The van der Waals surface area contributed by atoms with Crippen molar-refractivity contribution in [1.82, 2.24) is 14.7 Å². The van der Waals surface area contributed by atoms with Gasteiger partial charge in [-0.2, -0.15) is 0 Å². The number of hydrogen-bond donors (Lipinski definition) is 0. The second kappa shape index (κ2) is 12.7. The van der Waals surface area contributed by atoms with Crippen LogP contribution < -0.4 is 9.47 Å². The van der Waals surface area contributed by atoms with E-state index in [1.807, 2.05) is 52.3 Å². The maximum Gasteiger partial charge on any atom is 0.289 e. The molecule has 0 saturated carbocycles. The zero-order valence-corrected chi connectivity index (χ0v) is 22.3. The van der Waals surface area contributed by atoms with Crippen molar-refractivity contribution in [2.24, 2.45) is 0 Å². The Bertz CT molecular complexity index is 1260. The van der Waals surface area contributed by atoms with Gasteiger partial charge in [0, 0.05) is 64.7 Å². The van der Waals surface area contributed by atoms with E-state index in [-0.39, 0.29) is 17.9 Å². The molecule has 8 nitrogen and oxygen atoms in total. The minimum Gasteiger partial charge on any atom is -0.497 e. The number of piperazine rings is 1. The number of hydrogen-bond acceptors (Lipinski definition) is 6. The van der Waals surface area contributed by atoms with Crippen LogP contribution in [-0.2, 0) is 11.3 Å². The molecular weight excluding hydrogens is 494 g/mol. The number of ether oxygens (including phenoxy) is 2. The Morgan fingerprint density at radius 1 is 0.897 bits per heavy atom. The fourth-order valence-electron chi connectivity index (χ4n) is 5.01. The summed E-state index contributed by atoms with van der Waals surface area (Å²) in [5.74, 6) is 2.04. The van der Waals surface area contributed by atoms with Crippen LogP contribution in [0.3, 0.4) is 0 Å². The van der Waals surface area contributed by atoms with E-state index in [2.05, 4.69) is 17.0 Å². The Morgan fingerprint density at radius 2 is 1.67 bits per heavy atom. The van der Waals surface area contributed by atoms with Gasteiger partial charge < -0.3 is 23.7 Å². The highest BCUT2D eigenvalue weighted by Crippen LogP contribution is 2.22. The van der Waals surface area contributed by atoms with Gasteiger partial charge in [-0.3, -0.25) is 14.5 Å². The number of likely N-dealkylation sites (tertiary alicyclic amines) is 1. The van der Waals surface area contributed by atoms with Gasteiger partial charge >= 0.3 is 0 Å². The third-order valence-corrected chi connectivity index (χ3v) is 7.29. The average molecular weight is 530 g/mol. The van der Waals surface area contributed by atoms with Gasteiger partial charge in [-0.1, -0.05) is 24.3 Å². The van der Waals surface area contributed by atoms with Crippen LogP contribution in [0.4, 0.5) is 0 Å². The number of rotatable bonds is 8. The monoisotopic (exact) mass is 529 g/mol. The number of carbonyl (C=O) groups excluding carboxylic acids is 2. The molecule has 0 bridgehead atoms. The summed E-state index contributed by atoms with van der Waals surface area (Å²) in [6.07, 6.45) is 6.71. The lowest BCUT2D eigenvalue weighted by atomic mass is 10.1. The summed E-state index contributed by atoms with van der Waals surface area (Å²) >= 11 is 0. The van der Waals surface area contributed by atoms with Crippen molar-refractivity contribution in [3.8, 4) is 11.5 Å². The molecule has 5 rings (SSSR count). The fraction of sp³-hybridized carbons (Fsp3) is 0.355. The quantitative estimate of drug-likeness (QED) is 0.405. The van der Waals surface area contributed by atoms with Gasteiger partial charge in [0.2, 0.25) is 5.91 Å². The maximum absolute atomic E-state index is 12.7. The lowest BCUT2D eigenvalue weighted by molar-refractivity contribution is -0.127. The molecule has 0 atom stereocenters. The highest BCUT2D eigenvalue weighted by Gasteiger charge is 2.25. The number of benzene rings is 2. The zero-order valence-electron chi connectivity index (χ0n) is 22.3. The van der Waals surface area contributed by atoms with E-state index in [0.717, 1.165) is 49.5 Å². The third kappa shape index (κ3) is 7.09. The Morgan fingerprint density at radius 3 is 2.36 bits per heavy atom. The van der Waals surface area contributed by atoms with Crippen molar-refractivity contribution < 1.29 is 23.5 Å². The van der Waals surface area contributed by atoms with Gasteiger partial charge in [-0.15, -0.1) is 0 Å². The van der Waals surface area contributed by atoms with E-state index in [9.17, 15) is 9.59 Å². The Hall–Kier alpha value is -4.04. The van der Waals surface area contributed by atoms with Crippen LogP contribution in [0.15, 0.2) is 77.4 Å². The highest BCUT2D eigenvalue weighted by molar-refractivity contribution is 5.92. The molecule has 2 saturated heterocycles. The van der Waals surface area contributed by atoms with Crippen LogP contribution in [-0.4, -0.2) is 79.0 Å². The first-order chi connectivity index (χ1) is 19.1. The molecule has 1 aromatic heterocycles. The van der Waals surface area contributed by atoms with E-state index >= 15 is 0 Å². The first-order valence-corrected chi connectivity index (χ1v) is 13.5. The normalized spacial score (nSPS) is 16.9. The molecule has 0 spiro atoms. The number of methoxy groups -OCH3 is 1. The molecule has 0 aliphatic carbocycles. The van der Waals surface area contributed by atoms with E-state index in [1.54, 1.807) is 25.3 Å². The van der Waals surface area contributed by atoms with Crippen molar-refractivity contribution in [3.05, 3.63) is 89.9 Å². The van der Waals surface area contributed by atoms with Gasteiger partial charge in [-0.05, 0) is 53.6 Å². The molecular formula is C31H35N3O5. The molecule has 0 radical (unpaired) electrons. The van der Waals surface area contributed by atoms with Gasteiger partial charge in [0.15, 0.2) is 5.76 Å². The van der Waals surface area contributed by atoms with Crippen molar-refractivity contribution in [2.75, 3.05) is 46.4 Å². The lowest BCUT2D eigenvalue weighted by Crippen LogP contribution is -2.48. The minimum atomic E-state index is -0.0453. The predicted octanol–water partition coefficient (Wildman–Crippen LogP) is 4.33. The molecule has 2 amide bonds. The number of carbonyl (C=O) groups is 2. The first-order valence-electron chi connectivity index (χ1n) is 13.5. The van der Waals surface area contributed by atoms with E-state index < -0.39 is 0 Å². The molecule has 204 valence electrons. The van der Waals surface area contributed by atoms with E-state index in [0.29, 0.717) is 31.9 Å². The molecule has 3 aromatic rings. The summed E-state index contributed by atoms with van der Waals surface area (Å²) in [5.41, 5.74) is 2.15. The standard InChI is InChI=1S/C31H35N3O5/c1-37-26-10-7-24(8-11-26)9-12-30(35)33-15-13-27(14-16-33)39-28-5-2-4-25(22-28)23-32-17-19-34(20-18-32)31(36)29-6-3-21-38-29/h2-12,21-22,27H,13-20,23H2,1H3/b12-9+. The lowest BCUT2D eigenvalue weighted by Gasteiger charge is -2.34. The number of amides is 2.